The zero-order valence-electron chi connectivity index (χ0n) is 9.06. The number of unbranched alkanes of at least 4 members (excludes halogenated alkanes) is 1. The second-order valence-electron chi connectivity index (χ2n) is 3.23. The molecular formula is C10H20N2O2. The van der Waals surface area contributed by atoms with Crippen LogP contribution in [-0.4, -0.2) is 24.9 Å². The lowest BCUT2D eigenvalue weighted by Crippen LogP contribution is -2.32. The van der Waals surface area contributed by atoms with Gasteiger partial charge < -0.3 is 10.6 Å². The van der Waals surface area contributed by atoms with Gasteiger partial charge in [0, 0.05) is 13.1 Å². The standard InChI is InChI=1S/C10H20N2O2/c1-3-5-7-12-10(14)8-9(13)11-6-4-2/h3-8H2,1-2H3,(H,11,13)(H,12,14). The van der Waals surface area contributed by atoms with E-state index in [9.17, 15) is 9.59 Å². The molecule has 0 aliphatic heterocycles. The number of amides is 2. The van der Waals surface area contributed by atoms with Crippen molar-refractivity contribution in [3.63, 3.8) is 0 Å². The summed E-state index contributed by atoms with van der Waals surface area (Å²) < 4.78 is 0. The van der Waals surface area contributed by atoms with E-state index in [0.717, 1.165) is 19.3 Å². The van der Waals surface area contributed by atoms with Crippen LogP contribution in [0.25, 0.3) is 0 Å². The van der Waals surface area contributed by atoms with E-state index < -0.39 is 0 Å². The summed E-state index contributed by atoms with van der Waals surface area (Å²) in [6, 6.07) is 0. The molecule has 14 heavy (non-hydrogen) atoms. The van der Waals surface area contributed by atoms with Crippen LogP contribution in [0.3, 0.4) is 0 Å². The van der Waals surface area contributed by atoms with E-state index in [4.69, 9.17) is 0 Å². The lowest BCUT2D eigenvalue weighted by Gasteiger charge is -2.04. The van der Waals surface area contributed by atoms with Gasteiger partial charge in [-0.05, 0) is 12.8 Å². The Morgan fingerprint density at radius 3 is 2.00 bits per heavy atom. The smallest absolute Gasteiger partial charge is 0.229 e. The van der Waals surface area contributed by atoms with Crippen LogP contribution < -0.4 is 10.6 Å². The Bertz CT molecular complexity index is 181. The Morgan fingerprint density at radius 2 is 1.50 bits per heavy atom. The molecule has 0 rings (SSSR count). The first-order chi connectivity index (χ1) is 6.70. The summed E-state index contributed by atoms with van der Waals surface area (Å²) in [6.45, 7) is 5.33. The van der Waals surface area contributed by atoms with Gasteiger partial charge in [0.25, 0.3) is 0 Å². The molecule has 0 bridgehead atoms. The first kappa shape index (κ1) is 12.9. The molecule has 82 valence electrons. The van der Waals surface area contributed by atoms with E-state index in [0.29, 0.717) is 13.1 Å². The Morgan fingerprint density at radius 1 is 0.929 bits per heavy atom. The quantitative estimate of drug-likeness (QED) is 0.472. The third-order valence-electron chi connectivity index (χ3n) is 1.75. The van der Waals surface area contributed by atoms with Crippen molar-refractivity contribution in [3.05, 3.63) is 0 Å². The fourth-order valence-electron chi connectivity index (χ4n) is 0.940. The predicted molar refractivity (Wildman–Crippen MR) is 55.8 cm³/mol. The fourth-order valence-corrected chi connectivity index (χ4v) is 0.940. The molecule has 0 spiro atoms. The highest BCUT2D eigenvalue weighted by molar-refractivity contribution is 5.96. The zero-order chi connectivity index (χ0) is 10.8. The van der Waals surface area contributed by atoms with E-state index in [2.05, 4.69) is 17.6 Å². The summed E-state index contributed by atoms with van der Waals surface area (Å²) in [4.78, 5) is 22.2. The molecule has 0 saturated carbocycles. The number of rotatable bonds is 7. The van der Waals surface area contributed by atoms with Crippen molar-refractivity contribution in [1.29, 1.82) is 0 Å². The van der Waals surface area contributed by atoms with Crippen molar-refractivity contribution in [2.45, 2.75) is 39.5 Å². The monoisotopic (exact) mass is 200 g/mol. The first-order valence-corrected chi connectivity index (χ1v) is 5.24. The molecule has 0 aromatic heterocycles. The van der Waals surface area contributed by atoms with Crippen LogP contribution >= 0.6 is 0 Å². The number of nitrogens with one attached hydrogen (secondary N) is 2. The van der Waals surface area contributed by atoms with Gasteiger partial charge in [-0.3, -0.25) is 9.59 Å². The van der Waals surface area contributed by atoms with Gasteiger partial charge in [0.15, 0.2) is 0 Å². The highest BCUT2D eigenvalue weighted by Gasteiger charge is 2.06. The van der Waals surface area contributed by atoms with E-state index in [-0.39, 0.29) is 18.2 Å². The Balaban J connectivity index is 3.45. The normalized spacial score (nSPS) is 9.57. The predicted octanol–water partition coefficient (Wildman–Crippen LogP) is 0.819. The molecule has 0 fully saturated rings. The van der Waals surface area contributed by atoms with Gasteiger partial charge in [0.2, 0.25) is 11.8 Å². The average Bonchev–Trinajstić information content (AvgIpc) is 2.15. The average molecular weight is 200 g/mol. The maximum Gasteiger partial charge on any atom is 0.229 e. The lowest BCUT2D eigenvalue weighted by molar-refractivity contribution is -0.129. The summed E-state index contributed by atoms with van der Waals surface area (Å²) in [5, 5.41) is 5.35. The van der Waals surface area contributed by atoms with Crippen LogP contribution in [0.5, 0.6) is 0 Å². The van der Waals surface area contributed by atoms with E-state index in [1.54, 1.807) is 0 Å². The van der Waals surface area contributed by atoms with Crippen molar-refractivity contribution in [2.75, 3.05) is 13.1 Å². The van der Waals surface area contributed by atoms with Gasteiger partial charge in [-0.1, -0.05) is 20.3 Å². The van der Waals surface area contributed by atoms with Gasteiger partial charge in [-0.25, -0.2) is 0 Å². The molecule has 4 nitrogen and oxygen atoms in total. The SMILES string of the molecule is CCCCNC(=O)CC(=O)NCCC. The molecule has 0 radical (unpaired) electrons. The summed E-state index contributed by atoms with van der Waals surface area (Å²) in [7, 11) is 0. The maximum absolute atomic E-state index is 11.1. The van der Waals surface area contributed by atoms with Crippen LogP contribution in [0.4, 0.5) is 0 Å². The van der Waals surface area contributed by atoms with Crippen LogP contribution in [0, 0.1) is 0 Å². The first-order valence-electron chi connectivity index (χ1n) is 5.24. The van der Waals surface area contributed by atoms with Crippen molar-refractivity contribution in [3.8, 4) is 0 Å². The number of hydrogen-bond acceptors (Lipinski definition) is 2. The van der Waals surface area contributed by atoms with Crippen LogP contribution in [0.2, 0.25) is 0 Å². The third kappa shape index (κ3) is 7.58. The molecule has 0 atom stereocenters. The summed E-state index contributed by atoms with van der Waals surface area (Å²) >= 11 is 0. The van der Waals surface area contributed by atoms with E-state index in [1.165, 1.54) is 0 Å². The summed E-state index contributed by atoms with van der Waals surface area (Å²) in [5.41, 5.74) is 0. The Hall–Kier alpha value is -1.06. The summed E-state index contributed by atoms with van der Waals surface area (Å²) in [5.74, 6) is -0.382. The van der Waals surface area contributed by atoms with E-state index in [1.807, 2.05) is 6.92 Å². The maximum atomic E-state index is 11.1. The van der Waals surface area contributed by atoms with Gasteiger partial charge in [-0.15, -0.1) is 0 Å². The van der Waals surface area contributed by atoms with E-state index >= 15 is 0 Å². The second kappa shape index (κ2) is 8.53. The molecular weight excluding hydrogens is 180 g/mol. The van der Waals surface area contributed by atoms with Gasteiger partial charge in [0.05, 0.1) is 0 Å². The van der Waals surface area contributed by atoms with Crippen LogP contribution in [0.1, 0.15) is 39.5 Å². The van der Waals surface area contributed by atoms with Gasteiger partial charge in [0.1, 0.15) is 6.42 Å². The van der Waals surface area contributed by atoms with Crippen molar-refractivity contribution in [1.82, 2.24) is 10.6 Å². The fraction of sp³-hybridized carbons (Fsp3) is 0.800. The topological polar surface area (TPSA) is 58.2 Å². The summed E-state index contributed by atoms with van der Waals surface area (Å²) in [6.07, 6.45) is 2.84. The minimum absolute atomic E-state index is 0.0519. The molecule has 0 aliphatic carbocycles. The van der Waals surface area contributed by atoms with Gasteiger partial charge >= 0.3 is 0 Å². The number of carbonyl (C=O) groups is 2. The van der Waals surface area contributed by atoms with Crippen LogP contribution in [-0.2, 0) is 9.59 Å². The molecule has 0 aliphatic rings. The molecule has 0 heterocycles. The highest BCUT2D eigenvalue weighted by atomic mass is 16.2. The van der Waals surface area contributed by atoms with Crippen LogP contribution in [0.15, 0.2) is 0 Å². The molecule has 0 unspecified atom stereocenters. The van der Waals surface area contributed by atoms with Crippen molar-refractivity contribution in [2.24, 2.45) is 0 Å². The number of carbonyl (C=O) groups excluding carboxylic acids is 2. The molecule has 0 saturated heterocycles. The molecule has 2 amide bonds. The molecule has 0 aromatic rings. The molecule has 4 heteroatoms. The van der Waals surface area contributed by atoms with Crippen molar-refractivity contribution < 1.29 is 9.59 Å². The minimum Gasteiger partial charge on any atom is -0.356 e. The highest BCUT2D eigenvalue weighted by Crippen LogP contribution is 1.85. The third-order valence-corrected chi connectivity index (χ3v) is 1.75. The largest absolute Gasteiger partial charge is 0.356 e. The Labute approximate surface area is 85.4 Å². The van der Waals surface area contributed by atoms with Gasteiger partial charge in [-0.2, -0.15) is 0 Å². The second-order valence-corrected chi connectivity index (χ2v) is 3.23. The minimum atomic E-state index is -0.194. The Kier molecular flexibility index (Phi) is 7.89. The molecule has 2 N–H and O–H groups in total. The van der Waals surface area contributed by atoms with Crippen molar-refractivity contribution >= 4 is 11.8 Å². The lowest BCUT2D eigenvalue weighted by atomic mass is 10.3. The molecule has 0 aromatic carbocycles. The number of hydrogen-bond donors (Lipinski definition) is 2. The zero-order valence-corrected chi connectivity index (χ0v) is 9.06.